The number of methoxy groups -OCH3 is 1. The van der Waals surface area contributed by atoms with Gasteiger partial charge in [-0.1, -0.05) is 19.8 Å². The molecule has 0 saturated heterocycles. The normalized spacial score (nSPS) is 29.0. The second kappa shape index (κ2) is 7.20. The molecular weight excluding hydrogens is 188 g/mol. The molecule has 1 saturated carbocycles. The van der Waals surface area contributed by atoms with Crippen LogP contribution in [0.25, 0.3) is 0 Å². The molecule has 90 valence electrons. The molecule has 1 rings (SSSR count). The van der Waals surface area contributed by atoms with E-state index in [2.05, 4.69) is 12.3 Å². The van der Waals surface area contributed by atoms with E-state index in [1.54, 1.807) is 7.11 Å². The lowest BCUT2D eigenvalue weighted by atomic mass is 9.78. The van der Waals surface area contributed by atoms with Crippen LogP contribution < -0.4 is 11.3 Å². The molecule has 1 aliphatic rings. The summed E-state index contributed by atoms with van der Waals surface area (Å²) in [5, 5.41) is 0. The zero-order chi connectivity index (χ0) is 11.1. The van der Waals surface area contributed by atoms with Crippen molar-refractivity contribution < 1.29 is 4.74 Å². The second-order valence-electron chi connectivity index (χ2n) is 4.93. The summed E-state index contributed by atoms with van der Waals surface area (Å²) in [5.41, 5.74) is 2.99. The highest BCUT2D eigenvalue weighted by atomic mass is 16.5. The number of hydrogen-bond donors (Lipinski definition) is 2. The summed E-state index contributed by atoms with van der Waals surface area (Å²) in [6.45, 7) is 3.20. The first kappa shape index (κ1) is 12.9. The fourth-order valence-corrected chi connectivity index (χ4v) is 2.59. The molecule has 0 amide bonds. The third-order valence-electron chi connectivity index (χ3n) is 3.71. The SMILES string of the molecule is COCCCC(NN)C1CCC(C)CC1. The molecule has 1 fully saturated rings. The van der Waals surface area contributed by atoms with E-state index in [0.717, 1.165) is 31.3 Å². The number of hydrogen-bond acceptors (Lipinski definition) is 3. The highest BCUT2D eigenvalue weighted by Gasteiger charge is 2.24. The molecule has 3 N–H and O–H groups in total. The van der Waals surface area contributed by atoms with E-state index in [0.29, 0.717) is 6.04 Å². The third kappa shape index (κ3) is 4.49. The molecule has 1 unspecified atom stereocenters. The Bertz CT molecular complexity index is 156. The van der Waals surface area contributed by atoms with Gasteiger partial charge >= 0.3 is 0 Å². The van der Waals surface area contributed by atoms with Crippen molar-refractivity contribution in [3.8, 4) is 0 Å². The van der Waals surface area contributed by atoms with Crippen molar-refractivity contribution in [3.63, 3.8) is 0 Å². The van der Waals surface area contributed by atoms with Crippen LogP contribution in [0.2, 0.25) is 0 Å². The minimum Gasteiger partial charge on any atom is -0.385 e. The van der Waals surface area contributed by atoms with Gasteiger partial charge in [-0.05, 0) is 37.5 Å². The van der Waals surface area contributed by atoms with E-state index in [9.17, 15) is 0 Å². The summed E-state index contributed by atoms with van der Waals surface area (Å²) in [6.07, 6.45) is 7.66. The van der Waals surface area contributed by atoms with Gasteiger partial charge in [-0.3, -0.25) is 11.3 Å². The Morgan fingerprint density at radius 3 is 2.53 bits per heavy atom. The Hall–Kier alpha value is -0.120. The van der Waals surface area contributed by atoms with Crippen molar-refractivity contribution in [2.24, 2.45) is 17.7 Å². The standard InChI is InChI=1S/C12H26N2O/c1-10-5-7-11(8-6-10)12(14-13)4-3-9-15-2/h10-12,14H,3-9,13H2,1-2H3. The van der Waals surface area contributed by atoms with Crippen LogP contribution in [0.3, 0.4) is 0 Å². The maximum absolute atomic E-state index is 5.63. The monoisotopic (exact) mass is 214 g/mol. The van der Waals surface area contributed by atoms with Crippen LogP contribution in [0.5, 0.6) is 0 Å². The summed E-state index contributed by atoms with van der Waals surface area (Å²) in [4.78, 5) is 0. The van der Waals surface area contributed by atoms with Crippen molar-refractivity contribution in [1.29, 1.82) is 0 Å². The minimum atomic E-state index is 0.493. The highest BCUT2D eigenvalue weighted by Crippen LogP contribution is 2.31. The lowest BCUT2D eigenvalue weighted by Gasteiger charge is -2.32. The Morgan fingerprint density at radius 2 is 2.00 bits per heavy atom. The summed E-state index contributed by atoms with van der Waals surface area (Å²) in [6, 6.07) is 0.493. The molecule has 1 atom stereocenters. The average Bonchev–Trinajstić information content (AvgIpc) is 2.26. The molecule has 0 aromatic carbocycles. The molecule has 0 heterocycles. The van der Waals surface area contributed by atoms with Gasteiger partial charge in [0.1, 0.15) is 0 Å². The number of hydrazine groups is 1. The number of ether oxygens (including phenoxy) is 1. The molecule has 1 aliphatic carbocycles. The fraction of sp³-hybridized carbons (Fsp3) is 1.00. The molecule has 0 radical (unpaired) electrons. The Morgan fingerprint density at radius 1 is 1.33 bits per heavy atom. The zero-order valence-electron chi connectivity index (χ0n) is 10.2. The molecule has 0 aromatic heterocycles. The van der Waals surface area contributed by atoms with E-state index in [4.69, 9.17) is 10.6 Å². The molecule has 15 heavy (non-hydrogen) atoms. The van der Waals surface area contributed by atoms with E-state index in [1.807, 2.05) is 0 Å². The van der Waals surface area contributed by atoms with Crippen LogP contribution in [0, 0.1) is 11.8 Å². The number of rotatable bonds is 6. The van der Waals surface area contributed by atoms with Gasteiger partial charge in [0.15, 0.2) is 0 Å². The van der Waals surface area contributed by atoms with Crippen LogP contribution in [0.15, 0.2) is 0 Å². The first-order chi connectivity index (χ1) is 7.27. The van der Waals surface area contributed by atoms with Gasteiger partial charge < -0.3 is 4.74 Å². The van der Waals surface area contributed by atoms with Gasteiger partial charge in [0, 0.05) is 19.8 Å². The van der Waals surface area contributed by atoms with Crippen molar-refractivity contribution in [2.75, 3.05) is 13.7 Å². The maximum Gasteiger partial charge on any atom is 0.0462 e. The van der Waals surface area contributed by atoms with Gasteiger partial charge in [0.05, 0.1) is 0 Å². The van der Waals surface area contributed by atoms with Gasteiger partial charge in [0.2, 0.25) is 0 Å². The van der Waals surface area contributed by atoms with Crippen LogP contribution in [-0.2, 0) is 4.74 Å². The Balaban J connectivity index is 2.24. The van der Waals surface area contributed by atoms with E-state index < -0.39 is 0 Å². The first-order valence-electron chi connectivity index (χ1n) is 6.23. The lowest BCUT2D eigenvalue weighted by molar-refractivity contribution is 0.172. The van der Waals surface area contributed by atoms with Crippen LogP contribution in [-0.4, -0.2) is 19.8 Å². The van der Waals surface area contributed by atoms with E-state index >= 15 is 0 Å². The van der Waals surface area contributed by atoms with Crippen LogP contribution >= 0.6 is 0 Å². The third-order valence-corrected chi connectivity index (χ3v) is 3.71. The molecule has 0 aromatic rings. The van der Waals surface area contributed by atoms with E-state index in [1.165, 1.54) is 25.7 Å². The number of nitrogens with one attached hydrogen (secondary N) is 1. The molecular formula is C12H26N2O. The first-order valence-corrected chi connectivity index (χ1v) is 6.23. The molecule has 3 heteroatoms. The number of nitrogens with two attached hydrogens (primary N) is 1. The smallest absolute Gasteiger partial charge is 0.0462 e. The van der Waals surface area contributed by atoms with Crippen molar-refractivity contribution in [2.45, 2.75) is 51.5 Å². The van der Waals surface area contributed by atoms with Gasteiger partial charge in [-0.2, -0.15) is 0 Å². The van der Waals surface area contributed by atoms with Crippen LogP contribution in [0.4, 0.5) is 0 Å². The fourth-order valence-electron chi connectivity index (χ4n) is 2.59. The Kier molecular flexibility index (Phi) is 6.22. The van der Waals surface area contributed by atoms with Crippen LogP contribution in [0.1, 0.15) is 45.4 Å². The second-order valence-corrected chi connectivity index (χ2v) is 4.93. The predicted molar refractivity (Wildman–Crippen MR) is 63.3 cm³/mol. The zero-order valence-corrected chi connectivity index (χ0v) is 10.2. The van der Waals surface area contributed by atoms with E-state index in [-0.39, 0.29) is 0 Å². The summed E-state index contributed by atoms with van der Waals surface area (Å²) in [7, 11) is 1.76. The highest BCUT2D eigenvalue weighted by molar-refractivity contribution is 4.79. The molecule has 3 nitrogen and oxygen atoms in total. The largest absolute Gasteiger partial charge is 0.385 e. The predicted octanol–water partition coefficient (Wildman–Crippen LogP) is 2.07. The van der Waals surface area contributed by atoms with Gasteiger partial charge in [-0.25, -0.2) is 0 Å². The lowest BCUT2D eigenvalue weighted by Crippen LogP contribution is -2.42. The molecule has 0 aliphatic heterocycles. The van der Waals surface area contributed by atoms with Crippen molar-refractivity contribution in [3.05, 3.63) is 0 Å². The minimum absolute atomic E-state index is 0.493. The summed E-state index contributed by atoms with van der Waals surface area (Å²) < 4.78 is 5.07. The molecule has 0 spiro atoms. The quantitative estimate of drug-likeness (QED) is 0.404. The van der Waals surface area contributed by atoms with Gasteiger partial charge in [-0.15, -0.1) is 0 Å². The van der Waals surface area contributed by atoms with Crippen molar-refractivity contribution in [1.82, 2.24) is 5.43 Å². The Labute approximate surface area is 93.7 Å². The van der Waals surface area contributed by atoms with Crippen molar-refractivity contribution >= 4 is 0 Å². The summed E-state index contributed by atoms with van der Waals surface area (Å²) >= 11 is 0. The average molecular weight is 214 g/mol. The van der Waals surface area contributed by atoms with Gasteiger partial charge in [0.25, 0.3) is 0 Å². The summed E-state index contributed by atoms with van der Waals surface area (Å²) in [5.74, 6) is 7.33. The topological polar surface area (TPSA) is 47.3 Å². The molecule has 0 bridgehead atoms. The maximum atomic E-state index is 5.63.